The van der Waals surface area contributed by atoms with Crippen LogP contribution in [0, 0.1) is 6.92 Å². The fourth-order valence-electron chi connectivity index (χ4n) is 2.18. The Morgan fingerprint density at radius 2 is 1.74 bits per heavy atom. The van der Waals surface area contributed by atoms with E-state index in [0.717, 1.165) is 11.1 Å². The maximum Gasteiger partial charge on any atom is 0.229 e. The first-order valence-corrected chi connectivity index (χ1v) is 6.12. The van der Waals surface area contributed by atoms with Gasteiger partial charge in [0.25, 0.3) is 0 Å². The van der Waals surface area contributed by atoms with Gasteiger partial charge in [0.15, 0.2) is 0 Å². The van der Waals surface area contributed by atoms with Crippen molar-refractivity contribution in [3.8, 4) is 22.3 Å². The Hall–Kier alpha value is -2.55. The molecule has 0 atom stereocenters. The van der Waals surface area contributed by atoms with Crippen molar-refractivity contribution in [1.29, 1.82) is 0 Å². The maximum atomic E-state index is 5.77. The third-order valence-corrected chi connectivity index (χ3v) is 3.23. The van der Waals surface area contributed by atoms with Crippen molar-refractivity contribution < 1.29 is 4.52 Å². The molecule has 0 aliphatic heterocycles. The predicted octanol–water partition coefficient (Wildman–Crippen LogP) is 3.90. The summed E-state index contributed by atoms with van der Waals surface area (Å²) in [7, 11) is 0. The molecule has 2 aromatic carbocycles. The quantitative estimate of drug-likeness (QED) is 0.750. The van der Waals surface area contributed by atoms with Crippen molar-refractivity contribution in [3.05, 3.63) is 60.3 Å². The van der Waals surface area contributed by atoms with Crippen molar-refractivity contribution in [2.45, 2.75) is 6.92 Å². The standard InChI is InChI=1S/C16H14N2O/c1-11-7-8-13(15-10-18-19-16(15)17)9-14(11)12-5-3-2-4-6-12/h2-10H,17H2,1H3. The van der Waals surface area contributed by atoms with Crippen LogP contribution in [0.2, 0.25) is 0 Å². The average Bonchev–Trinajstić information content (AvgIpc) is 2.87. The minimum Gasteiger partial charge on any atom is -0.367 e. The van der Waals surface area contributed by atoms with Gasteiger partial charge in [-0.3, -0.25) is 0 Å². The van der Waals surface area contributed by atoms with Gasteiger partial charge in [-0.15, -0.1) is 0 Å². The highest BCUT2D eigenvalue weighted by Crippen LogP contribution is 2.31. The number of benzene rings is 2. The Morgan fingerprint density at radius 1 is 0.947 bits per heavy atom. The number of hydrogen-bond acceptors (Lipinski definition) is 3. The maximum absolute atomic E-state index is 5.77. The van der Waals surface area contributed by atoms with Crippen LogP contribution in [-0.2, 0) is 0 Å². The van der Waals surface area contributed by atoms with Crippen LogP contribution >= 0.6 is 0 Å². The summed E-state index contributed by atoms with van der Waals surface area (Å²) < 4.78 is 4.92. The normalized spacial score (nSPS) is 10.6. The summed E-state index contributed by atoms with van der Waals surface area (Å²) in [6, 6.07) is 16.5. The van der Waals surface area contributed by atoms with Crippen molar-refractivity contribution in [2.24, 2.45) is 0 Å². The van der Waals surface area contributed by atoms with E-state index in [1.807, 2.05) is 24.3 Å². The van der Waals surface area contributed by atoms with E-state index in [1.54, 1.807) is 6.20 Å². The number of aryl methyl sites for hydroxylation is 1. The molecule has 0 aliphatic rings. The SMILES string of the molecule is Cc1ccc(-c2cnoc2N)cc1-c1ccccc1. The lowest BCUT2D eigenvalue weighted by Gasteiger charge is -2.08. The van der Waals surface area contributed by atoms with Crippen LogP contribution in [0.25, 0.3) is 22.3 Å². The molecule has 0 bridgehead atoms. The number of aromatic nitrogens is 1. The summed E-state index contributed by atoms with van der Waals surface area (Å²) >= 11 is 0. The molecule has 0 unspecified atom stereocenters. The first-order chi connectivity index (χ1) is 9.25. The van der Waals surface area contributed by atoms with Gasteiger partial charge in [-0.2, -0.15) is 0 Å². The van der Waals surface area contributed by atoms with Crippen LogP contribution < -0.4 is 5.73 Å². The predicted molar refractivity (Wildman–Crippen MR) is 76.5 cm³/mol. The molecule has 0 radical (unpaired) electrons. The van der Waals surface area contributed by atoms with Gasteiger partial charge in [-0.25, -0.2) is 0 Å². The smallest absolute Gasteiger partial charge is 0.229 e. The summed E-state index contributed by atoms with van der Waals surface area (Å²) in [5, 5.41) is 3.72. The van der Waals surface area contributed by atoms with E-state index in [0.29, 0.717) is 5.88 Å². The second-order valence-corrected chi connectivity index (χ2v) is 4.50. The lowest BCUT2D eigenvalue weighted by Crippen LogP contribution is -1.88. The van der Waals surface area contributed by atoms with E-state index >= 15 is 0 Å². The molecule has 0 spiro atoms. The van der Waals surface area contributed by atoms with E-state index in [2.05, 4.69) is 36.3 Å². The molecule has 2 N–H and O–H groups in total. The van der Waals surface area contributed by atoms with Gasteiger partial charge in [-0.05, 0) is 35.2 Å². The number of hydrogen-bond donors (Lipinski definition) is 1. The Bertz CT molecular complexity index is 702. The van der Waals surface area contributed by atoms with Gasteiger partial charge < -0.3 is 10.3 Å². The molecule has 3 nitrogen and oxygen atoms in total. The molecule has 3 aromatic rings. The Kier molecular flexibility index (Phi) is 2.80. The summed E-state index contributed by atoms with van der Waals surface area (Å²) in [6.07, 6.45) is 1.65. The first kappa shape index (κ1) is 11.5. The molecule has 0 saturated carbocycles. The number of anilines is 1. The van der Waals surface area contributed by atoms with Crippen molar-refractivity contribution in [3.63, 3.8) is 0 Å². The van der Waals surface area contributed by atoms with Crippen LogP contribution in [0.5, 0.6) is 0 Å². The Morgan fingerprint density at radius 3 is 2.42 bits per heavy atom. The molecule has 0 saturated heterocycles. The molecule has 0 amide bonds. The van der Waals surface area contributed by atoms with Crippen molar-refractivity contribution in [1.82, 2.24) is 5.16 Å². The van der Waals surface area contributed by atoms with Gasteiger partial charge in [-0.1, -0.05) is 47.6 Å². The molecular weight excluding hydrogens is 236 g/mol. The van der Waals surface area contributed by atoms with E-state index in [9.17, 15) is 0 Å². The zero-order valence-corrected chi connectivity index (χ0v) is 10.6. The summed E-state index contributed by atoms with van der Waals surface area (Å²) in [5.74, 6) is 0.350. The van der Waals surface area contributed by atoms with E-state index in [4.69, 9.17) is 10.3 Å². The summed E-state index contributed by atoms with van der Waals surface area (Å²) in [5.41, 5.74) is 11.2. The zero-order valence-electron chi connectivity index (χ0n) is 10.6. The van der Waals surface area contributed by atoms with Crippen LogP contribution in [0.1, 0.15) is 5.56 Å². The second kappa shape index (κ2) is 4.61. The number of nitrogen functional groups attached to an aromatic ring is 1. The molecule has 3 rings (SSSR count). The molecule has 1 heterocycles. The number of rotatable bonds is 2. The van der Waals surface area contributed by atoms with E-state index in [-0.39, 0.29) is 0 Å². The van der Waals surface area contributed by atoms with Crippen LogP contribution in [0.15, 0.2) is 59.3 Å². The van der Waals surface area contributed by atoms with E-state index < -0.39 is 0 Å². The van der Waals surface area contributed by atoms with Crippen LogP contribution in [0.4, 0.5) is 5.88 Å². The van der Waals surface area contributed by atoms with Crippen LogP contribution in [-0.4, -0.2) is 5.16 Å². The largest absolute Gasteiger partial charge is 0.367 e. The molecule has 0 aliphatic carbocycles. The number of nitrogens with zero attached hydrogens (tertiary/aromatic N) is 1. The zero-order chi connectivity index (χ0) is 13.2. The molecule has 3 heteroatoms. The second-order valence-electron chi connectivity index (χ2n) is 4.50. The molecule has 1 aromatic heterocycles. The monoisotopic (exact) mass is 250 g/mol. The van der Waals surface area contributed by atoms with Crippen molar-refractivity contribution in [2.75, 3.05) is 5.73 Å². The molecule has 19 heavy (non-hydrogen) atoms. The summed E-state index contributed by atoms with van der Waals surface area (Å²) in [6.45, 7) is 2.10. The highest BCUT2D eigenvalue weighted by molar-refractivity contribution is 5.78. The fraction of sp³-hybridized carbons (Fsp3) is 0.0625. The van der Waals surface area contributed by atoms with Gasteiger partial charge in [0, 0.05) is 0 Å². The third kappa shape index (κ3) is 2.10. The molecule has 94 valence electrons. The minimum atomic E-state index is 0.350. The highest BCUT2D eigenvalue weighted by Gasteiger charge is 2.09. The highest BCUT2D eigenvalue weighted by atomic mass is 16.5. The molecule has 0 fully saturated rings. The lowest BCUT2D eigenvalue weighted by molar-refractivity contribution is 0.436. The minimum absolute atomic E-state index is 0.350. The Labute approximate surface area is 111 Å². The average molecular weight is 250 g/mol. The van der Waals surface area contributed by atoms with Gasteiger partial charge in [0.1, 0.15) is 0 Å². The topological polar surface area (TPSA) is 52.0 Å². The first-order valence-electron chi connectivity index (χ1n) is 6.12. The van der Waals surface area contributed by atoms with Gasteiger partial charge >= 0.3 is 0 Å². The van der Waals surface area contributed by atoms with E-state index in [1.165, 1.54) is 16.7 Å². The van der Waals surface area contributed by atoms with Gasteiger partial charge in [0.05, 0.1) is 11.8 Å². The molecular formula is C16H14N2O. The van der Waals surface area contributed by atoms with Crippen molar-refractivity contribution >= 4 is 5.88 Å². The fourth-order valence-corrected chi connectivity index (χ4v) is 2.18. The number of nitrogens with two attached hydrogens (primary N) is 1. The van der Waals surface area contributed by atoms with Gasteiger partial charge in [0.2, 0.25) is 5.88 Å². The van der Waals surface area contributed by atoms with Crippen LogP contribution in [0.3, 0.4) is 0 Å². The summed E-state index contributed by atoms with van der Waals surface area (Å²) in [4.78, 5) is 0. The third-order valence-electron chi connectivity index (χ3n) is 3.23. The Balaban J connectivity index is 2.14. The lowest BCUT2D eigenvalue weighted by atomic mass is 9.96.